The van der Waals surface area contributed by atoms with E-state index in [1.807, 2.05) is 13.8 Å². The van der Waals surface area contributed by atoms with Gasteiger partial charge in [0.2, 0.25) is 0 Å². The van der Waals surface area contributed by atoms with E-state index in [1.165, 1.54) is 0 Å². The van der Waals surface area contributed by atoms with Crippen LogP contribution in [0.15, 0.2) is 12.2 Å². The molecule has 0 aromatic carbocycles. The summed E-state index contributed by atoms with van der Waals surface area (Å²) in [6.45, 7) is 7.29. The summed E-state index contributed by atoms with van der Waals surface area (Å²) in [5.41, 5.74) is 0. The first kappa shape index (κ1) is 17.9. The van der Waals surface area contributed by atoms with Gasteiger partial charge in [-0.25, -0.2) is 14.4 Å². The molecule has 1 atom stereocenters. The predicted molar refractivity (Wildman–Crippen MR) is 73.0 cm³/mol. The first-order valence-corrected chi connectivity index (χ1v) is 6.43. The van der Waals surface area contributed by atoms with Gasteiger partial charge in [-0.05, 0) is 27.7 Å². The van der Waals surface area contributed by atoms with Crippen molar-refractivity contribution in [2.24, 2.45) is 0 Å². The van der Waals surface area contributed by atoms with E-state index >= 15 is 0 Å². The van der Waals surface area contributed by atoms with Crippen LogP contribution in [0.25, 0.3) is 0 Å². The molecule has 0 aliphatic heterocycles. The summed E-state index contributed by atoms with van der Waals surface area (Å²) in [6.07, 6.45) is 1.98. The average molecular weight is 286 g/mol. The smallest absolute Gasteiger partial charge is 0.331 e. The number of hydrogen-bond donors (Lipinski definition) is 2. The van der Waals surface area contributed by atoms with E-state index in [4.69, 9.17) is 4.74 Å². The standard InChI is InChI=1S/C13H22N2O5/c1-5-19-11(16)6-7-12(17)20-8-10(4)15-13(18)14-9(2)3/h6-7,9-10H,5,8H2,1-4H3,(H2,14,15,18)/b7-6+/t10-/m0/s1. The number of carbonyl (C=O) groups is 3. The lowest BCUT2D eigenvalue weighted by Crippen LogP contribution is -2.45. The predicted octanol–water partition coefficient (Wildman–Crippen LogP) is 0.745. The molecule has 0 unspecified atom stereocenters. The molecule has 0 aromatic heterocycles. The summed E-state index contributed by atoms with van der Waals surface area (Å²) >= 11 is 0. The molecule has 0 saturated carbocycles. The van der Waals surface area contributed by atoms with Crippen molar-refractivity contribution in [2.75, 3.05) is 13.2 Å². The van der Waals surface area contributed by atoms with Crippen LogP contribution in [0.1, 0.15) is 27.7 Å². The fourth-order valence-electron chi connectivity index (χ4n) is 1.15. The van der Waals surface area contributed by atoms with Gasteiger partial charge in [0.15, 0.2) is 0 Å². The van der Waals surface area contributed by atoms with Gasteiger partial charge in [-0.3, -0.25) is 0 Å². The van der Waals surface area contributed by atoms with Gasteiger partial charge in [-0.2, -0.15) is 0 Å². The van der Waals surface area contributed by atoms with Gasteiger partial charge in [-0.1, -0.05) is 0 Å². The summed E-state index contributed by atoms with van der Waals surface area (Å²) in [6, 6.07) is -0.642. The molecule has 0 aliphatic carbocycles. The van der Waals surface area contributed by atoms with E-state index in [9.17, 15) is 14.4 Å². The van der Waals surface area contributed by atoms with Gasteiger partial charge >= 0.3 is 18.0 Å². The van der Waals surface area contributed by atoms with Crippen molar-refractivity contribution in [3.05, 3.63) is 12.2 Å². The normalized spacial score (nSPS) is 12.1. The first-order valence-electron chi connectivity index (χ1n) is 6.43. The maximum Gasteiger partial charge on any atom is 0.331 e. The lowest BCUT2D eigenvalue weighted by atomic mass is 10.3. The Morgan fingerprint density at radius 3 is 2.05 bits per heavy atom. The van der Waals surface area contributed by atoms with Crippen molar-refractivity contribution in [1.82, 2.24) is 10.6 Å². The lowest BCUT2D eigenvalue weighted by Gasteiger charge is -2.15. The third kappa shape index (κ3) is 9.93. The Morgan fingerprint density at radius 2 is 1.55 bits per heavy atom. The van der Waals surface area contributed by atoms with E-state index in [-0.39, 0.29) is 31.3 Å². The van der Waals surface area contributed by atoms with Crippen LogP contribution in [0.2, 0.25) is 0 Å². The fraction of sp³-hybridized carbons (Fsp3) is 0.615. The molecule has 7 nitrogen and oxygen atoms in total. The van der Waals surface area contributed by atoms with Crippen LogP contribution < -0.4 is 10.6 Å². The number of rotatable bonds is 7. The molecule has 0 heterocycles. The van der Waals surface area contributed by atoms with Crippen molar-refractivity contribution in [2.45, 2.75) is 39.8 Å². The molecule has 0 bridgehead atoms. The maximum absolute atomic E-state index is 11.4. The molecule has 0 aromatic rings. The fourth-order valence-corrected chi connectivity index (χ4v) is 1.15. The third-order valence-corrected chi connectivity index (χ3v) is 1.91. The Hall–Kier alpha value is -2.05. The van der Waals surface area contributed by atoms with Gasteiger partial charge in [0.25, 0.3) is 0 Å². The summed E-state index contributed by atoms with van der Waals surface area (Å²) in [7, 11) is 0. The van der Waals surface area contributed by atoms with E-state index in [2.05, 4.69) is 15.4 Å². The van der Waals surface area contributed by atoms with E-state index in [0.29, 0.717) is 0 Å². The highest BCUT2D eigenvalue weighted by atomic mass is 16.5. The highest BCUT2D eigenvalue weighted by Crippen LogP contribution is 1.90. The molecular formula is C13H22N2O5. The van der Waals surface area contributed by atoms with E-state index in [1.54, 1.807) is 13.8 Å². The molecule has 0 rings (SSSR count). The van der Waals surface area contributed by atoms with Crippen LogP contribution in [-0.2, 0) is 19.1 Å². The molecule has 0 radical (unpaired) electrons. The molecule has 0 fully saturated rings. The molecule has 20 heavy (non-hydrogen) atoms. The number of carbonyl (C=O) groups excluding carboxylic acids is 3. The topological polar surface area (TPSA) is 93.7 Å². The van der Waals surface area contributed by atoms with Gasteiger partial charge in [0.05, 0.1) is 12.6 Å². The third-order valence-electron chi connectivity index (χ3n) is 1.91. The molecular weight excluding hydrogens is 264 g/mol. The summed E-state index contributed by atoms with van der Waals surface area (Å²) < 4.78 is 9.47. The number of esters is 2. The van der Waals surface area contributed by atoms with E-state index in [0.717, 1.165) is 12.2 Å². The quantitative estimate of drug-likeness (QED) is 0.532. The number of urea groups is 1. The zero-order chi connectivity index (χ0) is 15.5. The largest absolute Gasteiger partial charge is 0.463 e. The van der Waals surface area contributed by atoms with Gasteiger partial charge in [0, 0.05) is 18.2 Å². The minimum absolute atomic E-state index is 0.0114. The summed E-state index contributed by atoms with van der Waals surface area (Å²) in [4.78, 5) is 33.6. The number of ether oxygens (including phenoxy) is 2. The molecule has 0 spiro atoms. The highest BCUT2D eigenvalue weighted by molar-refractivity contribution is 5.91. The Kier molecular flexibility index (Phi) is 8.82. The summed E-state index contributed by atoms with van der Waals surface area (Å²) in [5, 5.41) is 5.26. The molecule has 7 heteroatoms. The Bertz CT molecular complexity index is 366. The molecule has 0 saturated heterocycles. The lowest BCUT2D eigenvalue weighted by molar-refractivity contribution is -0.140. The van der Waals surface area contributed by atoms with Crippen molar-refractivity contribution in [1.29, 1.82) is 0 Å². The Morgan fingerprint density at radius 1 is 1.00 bits per heavy atom. The van der Waals surface area contributed by atoms with Crippen molar-refractivity contribution in [3.8, 4) is 0 Å². The van der Waals surface area contributed by atoms with E-state index < -0.39 is 11.9 Å². The van der Waals surface area contributed by atoms with Crippen molar-refractivity contribution in [3.63, 3.8) is 0 Å². The van der Waals surface area contributed by atoms with Crippen molar-refractivity contribution < 1.29 is 23.9 Å². The summed E-state index contributed by atoms with van der Waals surface area (Å²) in [5.74, 6) is -1.28. The van der Waals surface area contributed by atoms with Crippen LogP contribution in [-0.4, -0.2) is 43.3 Å². The zero-order valence-corrected chi connectivity index (χ0v) is 12.3. The minimum atomic E-state index is -0.670. The van der Waals surface area contributed by atoms with Crippen LogP contribution in [0.4, 0.5) is 4.79 Å². The average Bonchev–Trinajstić information content (AvgIpc) is 2.33. The van der Waals surface area contributed by atoms with Gasteiger partial charge in [0.1, 0.15) is 6.61 Å². The number of nitrogens with one attached hydrogen (secondary N) is 2. The molecule has 114 valence electrons. The van der Waals surface area contributed by atoms with Gasteiger partial charge < -0.3 is 20.1 Å². The molecule has 2 amide bonds. The van der Waals surface area contributed by atoms with Crippen LogP contribution in [0.5, 0.6) is 0 Å². The van der Waals surface area contributed by atoms with Crippen LogP contribution >= 0.6 is 0 Å². The molecule has 0 aliphatic rings. The Balaban J connectivity index is 3.94. The second kappa shape index (κ2) is 9.82. The van der Waals surface area contributed by atoms with Crippen LogP contribution in [0.3, 0.4) is 0 Å². The number of hydrogen-bond acceptors (Lipinski definition) is 5. The number of amides is 2. The molecule has 2 N–H and O–H groups in total. The second-order valence-corrected chi connectivity index (χ2v) is 4.39. The monoisotopic (exact) mass is 286 g/mol. The van der Waals surface area contributed by atoms with Gasteiger partial charge in [-0.15, -0.1) is 0 Å². The second-order valence-electron chi connectivity index (χ2n) is 4.39. The van der Waals surface area contributed by atoms with Crippen molar-refractivity contribution >= 4 is 18.0 Å². The Labute approximate surface area is 118 Å². The van der Waals surface area contributed by atoms with Crippen LogP contribution in [0, 0.1) is 0 Å². The maximum atomic E-state index is 11.4. The highest BCUT2D eigenvalue weighted by Gasteiger charge is 2.09. The SMILES string of the molecule is CCOC(=O)/C=C/C(=O)OC[C@H](C)NC(=O)NC(C)C. The zero-order valence-electron chi connectivity index (χ0n) is 12.3. The first-order chi connectivity index (χ1) is 9.35. The minimum Gasteiger partial charge on any atom is -0.463 e.